The highest BCUT2D eigenvalue weighted by Gasteiger charge is 2.31. The zero-order chi connectivity index (χ0) is 37.7. The van der Waals surface area contributed by atoms with E-state index in [2.05, 4.69) is 44.5 Å². The molecule has 0 atom stereocenters. The van der Waals surface area contributed by atoms with Crippen LogP contribution in [0.25, 0.3) is 65.8 Å². The Morgan fingerprint density at radius 3 is 2.11 bits per heavy atom. The van der Waals surface area contributed by atoms with Crippen molar-refractivity contribution < 1.29 is 26.4 Å². The number of rotatable bonds is 4. The third-order valence-electron chi connectivity index (χ3n) is 7.82. The standard InChI is InChI=1S/C36H10F5N11O/c1-14-5-7-20(45-3)29-31(14)53-36(49-29)35-51-32(16-9-15(12-42)10-17(11-16)44-2)50-33(52-35)18-6-8-21-28(19(18)13-43)48-34(47-21)30(46-4)22-23(37)25(39)27(41)26(40)24(22)38/h5-11H,1H3/b34-30+. The van der Waals surface area contributed by atoms with Gasteiger partial charge in [0.2, 0.25) is 17.2 Å². The van der Waals surface area contributed by atoms with Crippen molar-refractivity contribution in [2.24, 2.45) is 9.98 Å². The lowest BCUT2D eigenvalue weighted by molar-refractivity contribution is 0.376. The minimum Gasteiger partial charge on any atom is -0.435 e. The van der Waals surface area contributed by atoms with Gasteiger partial charge in [-0.1, -0.05) is 12.1 Å². The van der Waals surface area contributed by atoms with Crippen LogP contribution in [0.3, 0.4) is 0 Å². The lowest BCUT2D eigenvalue weighted by Crippen LogP contribution is -2.25. The van der Waals surface area contributed by atoms with Gasteiger partial charge in [-0.15, -0.1) is 0 Å². The van der Waals surface area contributed by atoms with E-state index in [1.165, 1.54) is 30.3 Å². The molecule has 1 aliphatic heterocycles. The van der Waals surface area contributed by atoms with Gasteiger partial charge in [0.1, 0.15) is 22.5 Å². The van der Waals surface area contributed by atoms with Crippen LogP contribution in [0.1, 0.15) is 22.3 Å². The molecule has 4 aromatic carbocycles. The topological polar surface area (TPSA) is 150 Å². The van der Waals surface area contributed by atoms with E-state index in [0.717, 1.165) is 0 Å². The predicted octanol–water partition coefficient (Wildman–Crippen LogP) is 7.36. The van der Waals surface area contributed by atoms with Gasteiger partial charge in [0.05, 0.1) is 42.3 Å². The van der Waals surface area contributed by atoms with Crippen molar-refractivity contribution in [3.05, 3.63) is 145 Å². The SMILES string of the molecule is [C-]#[N+]/C(=C1\N=c2ccc(-c3nc(-c4cc(C#N)cc([N+]#[C-])c4)nc(-c4nc5c([N+]#[C-])ccc(C)c5o4)n3)c(C#N)c2=N1)c1c(F)c(F)c(F)c(F)c1F. The molecule has 0 spiro atoms. The normalized spacial score (nSPS) is 12.4. The largest absolute Gasteiger partial charge is 0.435 e. The zero-order valence-electron chi connectivity index (χ0n) is 26.3. The monoisotopic (exact) mass is 707 g/mol. The van der Waals surface area contributed by atoms with Gasteiger partial charge in [-0.3, -0.25) is 0 Å². The summed E-state index contributed by atoms with van der Waals surface area (Å²) < 4.78 is 77.3. The Labute approximate surface area is 292 Å². The first-order valence-electron chi connectivity index (χ1n) is 14.6. The first-order chi connectivity index (χ1) is 25.5. The van der Waals surface area contributed by atoms with Crippen LogP contribution < -0.4 is 10.7 Å². The van der Waals surface area contributed by atoms with E-state index in [9.17, 15) is 32.5 Å². The first-order valence-corrected chi connectivity index (χ1v) is 14.6. The summed E-state index contributed by atoms with van der Waals surface area (Å²) in [6, 6.07) is 13.9. The van der Waals surface area contributed by atoms with Crippen LogP contribution in [0.4, 0.5) is 33.3 Å². The van der Waals surface area contributed by atoms with E-state index in [-0.39, 0.29) is 78.8 Å². The molecular formula is C36H10F5N11O. The quantitative estimate of drug-likeness (QED) is 0.0804. The van der Waals surface area contributed by atoms with E-state index in [4.69, 9.17) is 24.1 Å². The van der Waals surface area contributed by atoms with Gasteiger partial charge in [-0.25, -0.2) is 66.4 Å². The fourth-order valence-corrected chi connectivity index (χ4v) is 5.36. The Balaban J connectivity index is 1.49. The molecule has 0 N–H and O–H groups in total. The zero-order valence-corrected chi connectivity index (χ0v) is 26.3. The fourth-order valence-electron chi connectivity index (χ4n) is 5.36. The number of hydrogen-bond acceptors (Lipinski definition) is 9. The number of aromatic nitrogens is 4. The molecule has 17 heteroatoms. The second kappa shape index (κ2) is 12.6. The molecule has 0 bridgehead atoms. The Kier molecular flexibility index (Phi) is 7.92. The van der Waals surface area contributed by atoms with Crippen LogP contribution in [0.5, 0.6) is 0 Å². The number of nitriles is 2. The number of halogens is 5. The molecule has 0 saturated heterocycles. The van der Waals surface area contributed by atoms with E-state index >= 15 is 0 Å². The Hall–Kier alpha value is -8.20. The Morgan fingerprint density at radius 1 is 0.755 bits per heavy atom. The Morgan fingerprint density at radius 2 is 1.45 bits per heavy atom. The third kappa shape index (κ3) is 5.33. The van der Waals surface area contributed by atoms with E-state index in [1.54, 1.807) is 19.1 Å². The molecule has 2 aromatic heterocycles. The van der Waals surface area contributed by atoms with E-state index < -0.39 is 46.2 Å². The highest BCUT2D eigenvalue weighted by Crippen LogP contribution is 2.35. The van der Waals surface area contributed by atoms with Gasteiger partial charge in [-0.2, -0.15) is 10.5 Å². The third-order valence-corrected chi connectivity index (χ3v) is 7.82. The molecule has 6 aromatic rings. The summed E-state index contributed by atoms with van der Waals surface area (Å²) >= 11 is 0. The minimum absolute atomic E-state index is 0.0204. The van der Waals surface area contributed by atoms with Gasteiger partial charge in [0.25, 0.3) is 5.89 Å². The predicted molar refractivity (Wildman–Crippen MR) is 172 cm³/mol. The average molecular weight is 708 g/mol. The van der Waals surface area contributed by atoms with Crippen LogP contribution in [0, 0.1) is 78.4 Å². The molecule has 1 aliphatic rings. The number of aryl methyl sites for hydroxylation is 1. The summed E-state index contributed by atoms with van der Waals surface area (Å²) in [5, 5.41) is 19.6. The summed E-state index contributed by atoms with van der Waals surface area (Å²) in [4.78, 5) is 35.9. The average Bonchev–Trinajstić information content (AvgIpc) is 3.83. The molecule has 53 heavy (non-hydrogen) atoms. The lowest BCUT2D eigenvalue weighted by Gasteiger charge is -2.08. The number of hydrogen-bond donors (Lipinski definition) is 0. The van der Waals surface area contributed by atoms with Crippen molar-refractivity contribution in [3.63, 3.8) is 0 Å². The minimum atomic E-state index is -2.42. The van der Waals surface area contributed by atoms with Crippen molar-refractivity contribution >= 4 is 28.2 Å². The van der Waals surface area contributed by atoms with Gasteiger partial charge in [0.15, 0.2) is 52.2 Å². The maximum Gasteiger partial charge on any atom is 0.264 e. The maximum absolute atomic E-state index is 14.7. The summed E-state index contributed by atoms with van der Waals surface area (Å²) in [6.45, 7) is 24.2. The first kappa shape index (κ1) is 33.3. The molecule has 7 rings (SSSR count). The van der Waals surface area contributed by atoms with Gasteiger partial charge in [0, 0.05) is 16.7 Å². The van der Waals surface area contributed by atoms with E-state index in [0.29, 0.717) is 5.56 Å². The molecule has 12 nitrogen and oxygen atoms in total. The summed E-state index contributed by atoms with van der Waals surface area (Å²) in [6.07, 6.45) is 0. The maximum atomic E-state index is 14.7. The molecule has 0 aliphatic carbocycles. The highest BCUT2D eigenvalue weighted by molar-refractivity contribution is 5.91. The van der Waals surface area contributed by atoms with Crippen LogP contribution >= 0.6 is 0 Å². The summed E-state index contributed by atoms with van der Waals surface area (Å²) in [7, 11) is 0. The van der Waals surface area contributed by atoms with Crippen molar-refractivity contribution in [1.82, 2.24) is 19.9 Å². The summed E-state index contributed by atoms with van der Waals surface area (Å²) in [5.41, 5.74) is -1.24. The van der Waals surface area contributed by atoms with Gasteiger partial charge >= 0.3 is 0 Å². The number of benzene rings is 4. The van der Waals surface area contributed by atoms with E-state index in [1.807, 2.05) is 12.1 Å². The molecule has 0 fully saturated rings. The Bertz CT molecular complexity index is 2990. The second-order valence-corrected chi connectivity index (χ2v) is 10.9. The number of oxazole rings is 1. The van der Waals surface area contributed by atoms with Crippen molar-refractivity contribution in [3.8, 4) is 46.6 Å². The van der Waals surface area contributed by atoms with Crippen LogP contribution in [-0.4, -0.2) is 19.9 Å². The molecule has 0 radical (unpaired) electrons. The molecule has 250 valence electrons. The number of nitrogens with zero attached hydrogens (tertiary/aromatic N) is 11. The van der Waals surface area contributed by atoms with Gasteiger partial charge in [-0.05, 0) is 42.8 Å². The number of fused-ring (bicyclic) bond motifs is 2. The fraction of sp³-hybridized carbons (Fsp3) is 0.0278. The highest BCUT2D eigenvalue weighted by atomic mass is 19.2. The van der Waals surface area contributed by atoms with Crippen LogP contribution in [0.15, 0.2) is 62.7 Å². The molecular weight excluding hydrogens is 697 g/mol. The molecule has 3 heterocycles. The molecule has 0 saturated carbocycles. The molecule has 0 amide bonds. The van der Waals surface area contributed by atoms with Crippen molar-refractivity contribution in [1.29, 1.82) is 10.5 Å². The van der Waals surface area contributed by atoms with Crippen LogP contribution in [-0.2, 0) is 0 Å². The second-order valence-electron chi connectivity index (χ2n) is 10.9. The summed E-state index contributed by atoms with van der Waals surface area (Å²) in [5.74, 6) is -12.9. The van der Waals surface area contributed by atoms with Gasteiger partial charge < -0.3 is 4.42 Å². The smallest absolute Gasteiger partial charge is 0.264 e. The van der Waals surface area contributed by atoms with Crippen molar-refractivity contribution in [2.45, 2.75) is 6.92 Å². The van der Waals surface area contributed by atoms with Crippen LogP contribution in [0.2, 0.25) is 0 Å². The van der Waals surface area contributed by atoms with Crippen molar-refractivity contribution in [2.75, 3.05) is 0 Å². The lowest BCUT2D eigenvalue weighted by atomic mass is 10.1. The molecule has 0 unspecified atom stereocenters.